The molecule has 5 rings (SSSR count). The van der Waals surface area contributed by atoms with E-state index in [-0.39, 0.29) is 43.4 Å². The van der Waals surface area contributed by atoms with Gasteiger partial charge in [0.05, 0.1) is 43.4 Å². The monoisotopic (exact) mass is 721 g/mol. The van der Waals surface area contributed by atoms with Crippen LogP contribution in [0.3, 0.4) is 0 Å². The number of methoxy groups -OCH3 is 1. The first-order valence-electron chi connectivity index (χ1n) is 16.3. The number of carbonyl (C=O) groups excluding carboxylic acids is 1. The van der Waals surface area contributed by atoms with E-state index in [1.165, 1.54) is 7.11 Å². The number of carboxylic acid groups (broad SMARTS) is 1. The predicted octanol–water partition coefficient (Wildman–Crippen LogP) is 8.34. The van der Waals surface area contributed by atoms with Crippen LogP contribution in [0.1, 0.15) is 85.0 Å². The van der Waals surface area contributed by atoms with Crippen molar-refractivity contribution in [2.45, 2.75) is 71.3 Å². The summed E-state index contributed by atoms with van der Waals surface area (Å²) in [4.78, 5) is 31.4. The van der Waals surface area contributed by atoms with E-state index in [1.807, 2.05) is 6.07 Å². The largest absolute Gasteiger partial charge is 0.495 e. The lowest BCUT2D eigenvalue weighted by molar-refractivity contribution is -0.137. The Labute approximate surface area is 289 Å². The highest BCUT2D eigenvalue weighted by atomic mass is 31.2. The zero-order valence-electron chi connectivity index (χ0n) is 28.7. The fraction of sp³-hybridized carbons (Fsp3) is 0.471. The highest BCUT2D eigenvalue weighted by Gasteiger charge is 2.37. The number of ether oxygens (including phenoxy) is 1. The maximum absolute atomic E-state index is 14.2. The Kier molecular flexibility index (Phi) is 12.9. The summed E-state index contributed by atoms with van der Waals surface area (Å²) in [5.74, 6) is 0.401. The molecule has 1 aliphatic carbocycles. The molecule has 0 radical (unpaired) electrons. The fourth-order valence-electron chi connectivity index (χ4n) is 6.31. The highest BCUT2D eigenvalue weighted by Crippen LogP contribution is 2.52. The van der Waals surface area contributed by atoms with E-state index in [4.69, 9.17) is 23.7 Å². The van der Waals surface area contributed by atoms with E-state index in [0.29, 0.717) is 47.1 Å². The molecule has 1 saturated carbocycles. The number of halogens is 3. The van der Waals surface area contributed by atoms with Crippen LogP contribution >= 0.6 is 7.60 Å². The molecular weight excluding hydrogens is 678 g/mol. The van der Waals surface area contributed by atoms with Crippen molar-refractivity contribution in [3.63, 3.8) is 0 Å². The minimum atomic E-state index is -4.77. The molecule has 3 N–H and O–H groups in total. The Bertz CT molecular complexity index is 1710. The Morgan fingerprint density at radius 3 is 2.30 bits per heavy atom. The molecule has 12 nitrogen and oxygen atoms in total. The Morgan fingerprint density at radius 2 is 1.70 bits per heavy atom. The summed E-state index contributed by atoms with van der Waals surface area (Å²) >= 11 is 0. The molecule has 272 valence electrons. The molecule has 0 bridgehead atoms. The predicted molar refractivity (Wildman–Crippen MR) is 182 cm³/mol. The standard InChI is InChI=1S/C33H41F3N5O5P.CH2O2/c1-6-45-47(43,46-7-2)19-21-10-14-26(28(16-21)44-5)39-32-37-17-25(33(34,35)36)30(40-32)38-27-15-13-23(22-11-8-20(3)9-12-22)24-18-41(4)31(42)29(24)27;2-1-3/h10,13-17,20,22H,6-9,11-12,18-19H2,1-5H3,(H2,37,38,39,40);1H,(H,2,3). The van der Waals surface area contributed by atoms with Crippen LogP contribution < -0.4 is 15.4 Å². The number of nitrogens with one attached hydrogen (secondary N) is 2. The average Bonchev–Trinajstić information content (AvgIpc) is 3.36. The average molecular weight is 722 g/mol. The summed E-state index contributed by atoms with van der Waals surface area (Å²) in [5.41, 5.74) is 2.48. The van der Waals surface area contributed by atoms with Gasteiger partial charge in [0, 0.05) is 19.8 Å². The normalized spacial score (nSPS) is 17.4. The zero-order chi connectivity index (χ0) is 36.6. The van der Waals surface area contributed by atoms with Gasteiger partial charge in [-0.05, 0) is 73.4 Å². The van der Waals surface area contributed by atoms with Gasteiger partial charge in [0.25, 0.3) is 12.4 Å². The Balaban J connectivity index is 0.00000181. The third kappa shape index (κ3) is 9.12. The summed E-state index contributed by atoms with van der Waals surface area (Å²) in [6, 6.07) is 8.55. The maximum atomic E-state index is 14.2. The number of benzene rings is 2. The highest BCUT2D eigenvalue weighted by molar-refractivity contribution is 7.53. The summed E-state index contributed by atoms with van der Waals surface area (Å²) in [6.45, 7) is 6.27. The van der Waals surface area contributed by atoms with Gasteiger partial charge in [-0.3, -0.25) is 14.2 Å². The van der Waals surface area contributed by atoms with Crippen molar-refractivity contribution in [3.8, 4) is 5.75 Å². The first-order valence-corrected chi connectivity index (χ1v) is 18.0. The molecule has 1 aliphatic heterocycles. The number of hydrogen-bond acceptors (Lipinski definition) is 10. The molecule has 16 heteroatoms. The molecule has 3 aromatic rings. The number of alkyl halides is 3. The van der Waals surface area contributed by atoms with Crippen LogP contribution in [0.25, 0.3) is 0 Å². The molecule has 50 heavy (non-hydrogen) atoms. The van der Waals surface area contributed by atoms with Crippen LogP contribution in [0.4, 0.5) is 36.3 Å². The van der Waals surface area contributed by atoms with Crippen molar-refractivity contribution in [1.29, 1.82) is 0 Å². The SMILES string of the molecule is CCOP(=O)(Cc1ccc(Nc2ncc(C(F)(F)F)c(Nc3ccc(C4CCC(C)CC4)c4c3C(=O)N(C)C4)n2)c(OC)c1)OCC.O=CO. The lowest BCUT2D eigenvalue weighted by atomic mass is 9.77. The van der Waals surface area contributed by atoms with Gasteiger partial charge in [-0.2, -0.15) is 18.2 Å². The van der Waals surface area contributed by atoms with Crippen LogP contribution in [0.15, 0.2) is 36.5 Å². The van der Waals surface area contributed by atoms with Gasteiger partial charge in [0.2, 0.25) is 5.95 Å². The van der Waals surface area contributed by atoms with Crippen molar-refractivity contribution in [1.82, 2.24) is 14.9 Å². The number of fused-ring (bicyclic) bond motifs is 1. The first-order chi connectivity index (χ1) is 23.8. The Hall–Kier alpha value is -4.20. The molecule has 0 spiro atoms. The van der Waals surface area contributed by atoms with Crippen LogP contribution in [-0.4, -0.2) is 59.7 Å². The smallest absolute Gasteiger partial charge is 0.421 e. The first kappa shape index (κ1) is 38.6. The molecule has 1 amide bonds. The van der Waals surface area contributed by atoms with Crippen LogP contribution in [0.2, 0.25) is 0 Å². The molecule has 2 aliphatic rings. The van der Waals surface area contributed by atoms with Gasteiger partial charge in [0.15, 0.2) is 0 Å². The molecule has 0 unspecified atom stereocenters. The molecule has 1 aromatic heterocycles. The maximum Gasteiger partial charge on any atom is 0.421 e. The second kappa shape index (κ2) is 16.7. The van der Waals surface area contributed by atoms with Gasteiger partial charge in [-0.1, -0.05) is 31.9 Å². The summed E-state index contributed by atoms with van der Waals surface area (Å²) in [5, 5.41) is 12.7. The van der Waals surface area contributed by atoms with E-state index >= 15 is 0 Å². The van der Waals surface area contributed by atoms with Crippen molar-refractivity contribution in [3.05, 3.63) is 64.3 Å². The van der Waals surface area contributed by atoms with Crippen LogP contribution in [0, 0.1) is 5.92 Å². The molecular formula is C34H43F3N5O7P. The number of aromatic nitrogens is 2. The number of anilines is 4. The quantitative estimate of drug-likeness (QED) is 0.122. The fourth-order valence-corrected chi connectivity index (χ4v) is 8.00. The molecule has 0 saturated heterocycles. The molecule has 2 heterocycles. The summed E-state index contributed by atoms with van der Waals surface area (Å²) in [7, 11) is -0.261. The van der Waals surface area contributed by atoms with E-state index in [0.717, 1.165) is 36.8 Å². The third-order valence-electron chi connectivity index (χ3n) is 8.65. The van der Waals surface area contributed by atoms with Crippen LogP contribution in [-0.2, 0) is 37.3 Å². The number of amides is 1. The minimum Gasteiger partial charge on any atom is -0.495 e. The zero-order valence-corrected chi connectivity index (χ0v) is 29.6. The number of nitrogens with zero attached hydrogens (tertiary/aromatic N) is 3. The van der Waals surface area contributed by atoms with E-state index < -0.39 is 25.2 Å². The van der Waals surface area contributed by atoms with Gasteiger partial charge in [0.1, 0.15) is 17.1 Å². The number of rotatable bonds is 12. The van der Waals surface area contributed by atoms with Gasteiger partial charge >= 0.3 is 13.8 Å². The van der Waals surface area contributed by atoms with Crippen molar-refractivity contribution >= 4 is 43.1 Å². The molecule has 1 fully saturated rings. The number of carbonyl (C=O) groups is 2. The van der Waals surface area contributed by atoms with Crippen molar-refractivity contribution < 1.29 is 46.2 Å². The summed E-state index contributed by atoms with van der Waals surface area (Å²) < 4.78 is 71.9. The van der Waals surface area contributed by atoms with Crippen molar-refractivity contribution in [2.24, 2.45) is 5.92 Å². The summed E-state index contributed by atoms with van der Waals surface area (Å²) in [6.07, 6.45) is 0.170. The van der Waals surface area contributed by atoms with Gasteiger partial charge in [-0.25, -0.2) is 4.98 Å². The minimum absolute atomic E-state index is 0.00700. The van der Waals surface area contributed by atoms with E-state index in [2.05, 4.69) is 27.5 Å². The lowest BCUT2D eigenvalue weighted by Crippen LogP contribution is -2.18. The van der Waals surface area contributed by atoms with Crippen LogP contribution in [0.5, 0.6) is 5.75 Å². The van der Waals surface area contributed by atoms with E-state index in [9.17, 15) is 22.5 Å². The molecule has 0 atom stereocenters. The van der Waals surface area contributed by atoms with E-state index in [1.54, 1.807) is 50.1 Å². The van der Waals surface area contributed by atoms with Gasteiger partial charge in [-0.15, -0.1) is 0 Å². The second-order valence-electron chi connectivity index (χ2n) is 12.1. The topological polar surface area (TPSA) is 152 Å². The lowest BCUT2D eigenvalue weighted by Gasteiger charge is -2.28. The second-order valence-corrected chi connectivity index (χ2v) is 14.2. The van der Waals surface area contributed by atoms with Gasteiger partial charge < -0.3 is 34.4 Å². The third-order valence-corrected chi connectivity index (χ3v) is 10.7. The molecule has 2 aromatic carbocycles. The number of hydrogen-bond donors (Lipinski definition) is 3. The Morgan fingerprint density at radius 1 is 1.06 bits per heavy atom. The van der Waals surface area contributed by atoms with Crippen molar-refractivity contribution in [2.75, 3.05) is 38.0 Å².